The van der Waals surface area contributed by atoms with Crippen molar-refractivity contribution in [3.63, 3.8) is 0 Å². The molecule has 1 aliphatic heterocycles. The molecule has 1 aromatic heterocycles. The molecular weight excluding hydrogens is 340 g/mol. The second kappa shape index (κ2) is 8.07. The first kappa shape index (κ1) is 18.0. The van der Waals surface area contributed by atoms with Gasteiger partial charge in [0.1, 0.15) is 0 Å². The number of carbonyl (C=O) groups excluding carboxylic acids is 2. The molecule has 1 saturated heterocycles. The Morgan fingerprint density at radius 2 is 1.96 bits per heavy atom. The van der Waals surface area contributed by atoms with Gasteiger partial charge in [-0.3, -0.25) is 14.7 Å². The first-order valence-corrected chi connectivity index (χ1v) is 9.93. The van der Waals surface area contributed by atoms with E-state index >= 15 is 0 Å². The summed E-state index contributed by atoms with van der Waals surface area (Å²) >= 11 is 1.36. The van der Waals surface area contributed by atoms with Gasteiger partial charge in [0.15, 0.2) is 5.16 Å². The highest BCUT2D eigenvalue weighted by atomic mass is 32.2. The van der Waals surface area contributed by atoms with E-state index in [4.69, 9.17) is 0 Å². The van der Waals surface area contributed by atoms with Crippen LogP contribution >= 0.6 is 11.8 Å². The second-order valence-corrected chi connectivity index (χ2v) is 7.85. The predicted molar refractivity (Wildman–Crippen MR) is 96.9 cm³/mol. The summed E-state index contributed by atoms with van der Waals surface area (Å²) < 4.78 is 2.19. The van der Waals surface area contributed by atoms with Gasteiger partial charge >= 0.3 is 6.03 Å². The van der Waals surface area contributed by atoms with Crippen molar-refractivity contribution in [3.8, 4) is 0 Å². The Kier molecular flexibility index (Phi) is 5.82. The summed E-state index contributed by atoms with van der Waals surface area (Å²) in [5.41, 5.74) is 0. The van der Waals surface area contributed by atoms with Gasteiger partial charge in [0.05, 0.1) is 5.25 Å². The first-order chi connectivity index (χ1) is 12.1. The van der Waals surface area contributed by atoms with Crippen LogP contribution in [0.15, 0.2) is 5.16 Å². The van der Waals surface area contributed by atoms with Crippen molar-refractivity contribution in [3.05, 3.63) is 0 Å². The van der Waals surface area contributed by atoms with Gasteiger partial charge in [0.25, 0.3) is 0 Å². The highest BCUT2D eigenvalue weighted by Crippen LogP contribution is 2.41. The van der Waals surface area contributed by atoms with Crippen LogP contribution in [0.2, 0.25) is 0 Å². The summed E-state index contributed by atoms with van der Waals surface area (Å²) in [5, 5.41) is 14.0. The molecule has 2 fully saturated rings. The van der Waals surface area contributed by atoms with Crippen molar-refractivity contribution in [2.24, 2.45) is 0 Å². The summed E-state index contributed by atoms with van der Waals surface area (Å²) in [4.78, 5) is 26.0. The zero-order chi connectivity index (χ0) is 17.8. The van der Waals surface area contributed by atoms with Crippen LogP contribution in [0.4, 0.5) is 10.7 Å². The fourth-order valence-corrected chi connectivity index (χ4v) is 3.86. The Hall–Kier alpha value is -1.77. The summed E-state index contributed by atoms with van der Waals surface area (Å²) in [7, 11) is 0. The molecule has 25 heavy (non-hydrogen) atoms. The van der Waals surface area contributed by atoms with E-state index in [0.29, 0.717) is 12.6 Å². The van der Waals surface area contributed by atoms with E-state index in [0.717, 1.165) is 37.0 Å². The number of aromatic nitrogens is 3. The Morgan fingerprint density at radius 1 is 1.24 bits per heavy atom. The van der Waals surface area contributed by atoms with Gasteiger partial charge < -0.3 is 10.2 Å². The van der Waals surface area contributed by atoms with Gasteiger partial charge in [-0.2, -0.15) is 0 Å². The Balaban J connectivity index is 1.68. The molecule has 2 aliphatic rings. The molecular formula is C16H26N6O2S. The van der Waals surface area contributed by atoms with Crippen LogP contribution in [0, 0.1) is 0 Å². The minimum absolute atomic E-state index is 0.319. The number of nitrogens with one attached hydrogen (secondary N) is 2. The number of nitrogens with zero attached hydrogens (tertiary/aromatic N) is 4. The van der Waals surface area contributed by atoms with E-state index < -0.39 is 11.3 Å². The SMILES string of the molecule is CCNC(=O)NC(=O)[C@H](C)Sc1nnc(N2CCCCC2)n1C1CC1. The van der Waals surface area contributed by atoms with Gasteiger partial charge in [-0.05, 0) is 46.0 Å². The molecule has 0 aromatic carbocycles. The van der Waals surface area contributed by atoms with E-state index in [2.05, 4.69) is 30.3 Å². The molecule has 3 rings (SSSR count). The molecule has 0 radical (unpaired) electrons. The van der Waals surface area contributed by atoms with Crippen molar-refractivity contribution < 1.29 is 9.59 Å². The summed E-state index contributed by atoms with van der Waals surface area (Å²) in [6.07, 6.45) is 5.90. The molecule has 1 aliphatic carbocycles. The smallest absolute Gasteiger partial charge is 0.321 e. The van der Waals surface area contributed by atoms with Crippen molar-refractivity contribution in [1.29, 1.82) is 0 Å². The number of hydrogen-bond donors (Lipinski definition) is 2. The third-order valence-electron chi connectivity index (χ3n) is 4.42. The molecule has 1 aromatic rings. The van der Waals surface area contributed by atoms with Gasteiger partial charge in [-0.1, -0.05) is 11.8 Å². The van der Waals surface area contributed by atoms with Crippen LogP contribution in [0.1, 0.15) is 52.0 Å². The van der Waals surface area contributed by atoms with E-state index in [-0.39, 0.29) is 5.91 Å². The molecule has 2 heterocycles. The zero-order valence-electron chi connectivity index (χ0n) is 14.8. The number of urea groups is 1. The summed E-state index contributed by atoms with van der Waals surface area (Å²) in [5.74, 6) is 0.613. The van der Waals surface area contributed by atoms with Gasteiger partial charge in [-0.15, -0.1) is 10.2 Å². The highest BCUT2D eigenvalue weighted by Gasteiger charge is 2.33. The number of anilines is 1. The molecule has 8 nitrogen and oxygen atoms in total. The summed E-state index contributed by atoms with van der Waals surface area (Å²) in [6.45, 7) is 6.11. The largest absolute Gasteiger partial charge is 0.341 e. The lowest BCUT2D eigenvalue weighted by Gasteiger charge is -2.28. The maximum absolute atomic E-state index is 12.2. The van der Waals surface area contributed by atoms with Gasteiger partial charge in [0.2, 0.25) is 11.9 Å². The van der Waals surface area contributed by atoms with Crippen molar-refractivity contribution >= 4 is 29.6 Å². The van der Waals surface area contributed by atoms with Crippen LogP contribution in [0.25, 0.3) is 0 Å². The molecule has 2 N–H and O–H groups in total. The maximum Gasteiger partial charge on any atom is 0.321 e. The second-order valence-electron chi connectivity index (χ2n) is 6.54. The molecule has 0 unspecified atom stereocenters. The predicted octanol–water partition coefficient (Wildman–Crippen LogP) is 1.93. The zero-order valence-corrected chi connectivity index (χ0v) is 15.6. The number of piperidine rings is 1. The molecule has 3 amide bonds. The van der Waals surface area contributed by atoms with Crippen molar-refractivity contribution in [2.45, 2.75) is 62.4 Å². The molecule has 0 bridgehead atoms. The first-order valence-electron chi connectivity index (χ1n) is 9.05. The average molecular weight is 366 g/mol. The van der Waals surface area contributed by atoms with Gasteiger partial charge in [-0.25, -0.2) is 4.79 Å². The number of rotatable bonds is 6. The standard InChI is InChI=1S/C16H26N6O2S/c1-3-17-14(24)18-13(23)11(2)25-16-20-19-15(22(16)12-7-8-12)21-9-5-4-6-10-21/h11-12H,3-10H2,1-2H3,(H2,17,18,23,24)/t11-/m0/s1. The summed E-state index contributed by atoms with van der Waals surface area (Å²) in [6, 6.07) is -0.0225. The van der Waals surface area contributed by atoms with Crippen LogP contribution in [0.3, 0.4) is 0 Å². The highest BCUT2D eigenvalue weighted by molar-refractivity contribution is 8.00. The fourth-order valence-electron chi connectivity index (χ4n) is 2.94. The number of imide groups is 1. The molecule has 1 atom stereocenters. The van der Waals surface area contributed by atoms with E-state index in [9.17, 15) is 9.59 Å². The number of amides is 3. The number of hydrogen-bond acceptors (Lipinski definition) is 6. The van der Waals surface area contributed by atoms with Crippen LogP contribution < -0.4 is 15.5 Å². The van der Waals surface area contributed by atoms with Crippen LogP contribution in [-0.2, 0) is 4.79 Å². The molecule has 138 valence electrons. The molecule has 0 spiro atoms. The van der Waals surface area contributed by atoms with E-state index in [1.165, 1.54) is 31.0 Å². The Morgan fingerprint density at radius 3 is 2.60 bits per heavy atom. The number of thioether (sulfide) groups is 1. The normalized spacial score (nSPS) is 18.7. The number of carbonyl (C=O) groups is 2. The maximum atomic E-state index is 12.2. The van der Waals surface area contributed by atoms with Crippen LogP contribution in [-0.4, -0.2) is 51.6 Å². The Bertz CT molecular complexity index is 624. The topological polar surface area (TPSA) is 92.2 Å². The lowest BCUT2D eigenvalue weighted by atomic mass is 10.1. The van der Waals surface area contributed by atoms with E-state index in [1.807, 2.05) is 6.92 Å². The molecule has 1 saturated carbocycles. The lowest BCUT2D eigenvalue weighted by molar-refractivity contribution is -0.119. The lowest BCUT2D eigenvalue weighted by Crippen LogP contribution is -2.42. The van der Waals surface area contributed by atoms with E-state index in [1.54, 1.807) is 6.92 Å². The van der Waals surface area contributed by atoms with Crippen LogP contribution in [0.5, 0.6) is 0 Å². The quantitative estimate of drug-likeness (QED) is 0.748. The minimum Gasteiger partial charge on any atom is -0.341 e. The third kappa shape index (κ3) is 4.45. The average Bonchev–Trinajstić information content (AvgIpc) is 3.36. The molecule has 9 heteroatoms. The van der Waals surface area contributed by atoms with Gasteiger partial charge in [0, 0.05) is 25.7 Å². The monoisotopic (exact) mass is 366 g/mol. The fraction of sp³-hybridized carbons (Fsp3) is 0.750. The third-order valence-corrected chi connectivity index (χ3v) is 5.48. The van der Waals surface area contributed by atoms with Crippen molar-refractivity contribution in [2.75, 3.05) is 24.5 Å². The van der Waals surface area contributed by atoms with Crippen molar-refractivity contribution in [1.82, 2.24) is 25.4 Å². The minimum atomic E-state index is -0.461. The Labute approximate surface area is 152 Å².